The summed E-state index contributed by atoms with van der Waals surface area (Å²) in [5.74, 6) is -1.10. The number of amides is 1. The Morgan fingerprint density at radius 1 is 0.892 bits per heavy atom. The van der Waals surface area contributed by atoms with Crippen LogP contribution in [-0.2, 0) is 22.4 Å². The molecule has 0 fully saturated rings. The smallest absolute Gasteiger partial charge is 0.307 e. The van der Waals surface area contributed by atoms with E-state index < -0.39 is 5.97 Å². The van der Waals surface area contributed by atoms with Gasteiger partial charge in [0.25, 0.3) is 5.91 Å². The zero-order valence-electron chi connectivity index (χ0n) is 20.6. The summed E-state index contributed by atoms with van der Waals surface area (Å²) in [6.07, 6.45) is 2.70. The molecule has 0 saturated carbocycles. The van der Waals surface area contributed by atoms with E-state index >= 15 is 0 Å². The molecule has 0 atom stereocenters. The zero-order valence-corrected chi connectivity index (χ0v) is 21.4. The zero-order chi connectivity index (χ0) is 26.1. The van der Waals surface area contributed by atoms with Crippen LogP contribution in [0.4, 0.5) is 5.69 Å². The summed E-state index contributed by atoms with van der Waals surface area (Å²) in [6.45, 7) is 4.04. The minimum Gasteiger partial charge on any atom is -0.481 e. The second-order valence-electron chi connectivity index (χ2n) is 9.23. The number of aliphatic carboxylic acids is 1. The molecule has 1 aliphatic heterocycles. The van der Waals surface area contributed by atoms with Gasteiger partial charge in [-0.15, -0.1) is 0 Å². The van der Waals surface area contributed by atoms with Gasteiger partial charge in [-0.3, -0.25) is 9.59 Å². The molecule has 1 aliphatic rings. The number of aryl methyl sites for hydroxylation is 2. The Hall–Kier alpha value is -4.15. The molecule has 5 heteroatoms. The third-order valence-electron chi connectivity index (χ3n) is 6.82. The molecule has 0 bridgehead atoms. The topological polar surface area (TPSA) is 66.4 Å². The quantitative estimate of drug-likeness (QED) is 0.263. The molecule has 0 saturated heterocycles. The molecule has 0 radical (unpaired) electrons. The number of nitrogens with one attached hydrogen (secondary N) is 1. The number of halogens is 1. The number of carbonyl (C=O) groups excluding carboxylic acids is 1. The standard InChI is InChI=1S/C32H26ClNO3/c1-3-21-6-4-5-7-25(21)22-10-12-23(13-11-22)26-17-27-28(32(37)34-30(27)18-29(26)33)15-20-9-8-19(2)24(14-20)16-31(35)36/h4-15,17-18H,3,16H2,1-2H3,(H,34,37)(H,35,36). The van der Waals surface area contributed by atoms with Gasteiger partial charge in [0, 0.05) is 16.7 Å². The number of carbonyl (C=O) groups is 2. The normalized spacial score (nSPS) is 13.5. The summed E-state index contributed by atoms with van der Waals surface area (Å²) in [5, 5.41) is 12.7. The van der Waals surface area contributed by atoms with Crippen LogP contribution in [0.25, 0.3) is 33.9 Å². The maximum atomic E-state index is 12.9. The molecule has 1 heterocycles. The first-order valence-electron chi connectivity index (χ1n) is 12.2. The van der Waals surface area contributed by atoms with Crippen molar-refractivity contribution in [1.29, 1.82) is 0 Å². The van der Waals surface area contributed by atoms with Crippen molar-refractivity contribution in [3.05, 3.63) is 112 Å². The average Bonchev–Trinajstić information content (AvgIpc) is 3.18. The first kappa shape index (κ1) is 24.5. The van der Waals surface area contributed by atoms with Crippen LogP contribution < -0.4 is 5.32 Å². The number of hydrogen-bond acceptors (Lipinski definition) is 2. The molecule has 0 unspecified atom stereocenters. The lowest BCUT2D eigenvalue weighted by molar-refractivity contribution is -0.136. The molecule has 4 aromatic rings. The third-order valence-corrected chi connectivity index (χ3v) is 7.13. The molecular weight excluding hydrogens is 482 g/mol. The fraction of sp³-hybridized carbons (Fsp3) is 0.125. The number of rotatable bonds is 6. The first-order valence-corrected chi connectivity index (χ1v) is 12.6. The molecule has 4 aromatic carbocycles. The lowest BCUT2D eigenvalue weighted by Crippen LogP contribution is -2.04. The van der Waals surface area contributed by atoms with E-state index in [1.165, 1.54) is 11.1 Å². The van der Waals surface area contributed by atoms with Crippen molar-refractivity contribution in [2.24, 2.45) is 0 Å². The van der Waals surface area contributed by atoms with E-state index in [-0.39, 0.29) is 12.3 Å². The molecule has 0 spiro atoms. The van der Waals surface area contributed by atoms with Gasteiger partial charge < -0.3 is 10.4 Å². The van der Waals surface area contributed by atoms with Gasteiger partial charge in [-0.25, -0.2) is 0 Å². The van der Waals surface area contributed by atoms with Crippen LogP contribution in [0, 0.1) is 6.92 Å². The van der Waals surface area contributed by atoms with Gasteiger partial charge in [-0.1, -0.05) is 85.3 Å². The third kappa shape index (κ3) is 4.93. The first-order chi connectivity index (χ1) is 17.8. The van der Waals surface area contributed by atoms with Gasteiger partial charge in [0.2, 0.25) is 0 Å². The number of fused-ring (bicyclic) bond motifs is 1. The Balaban J connectivity index is 1.52. The van der Waals surface area contributed by atoms with Crippen LogP contribution in [0.1, 0.15) is 34.7 Å². The van der Waals surface area contributed by atoms with E-state index in [2.05, 4.69) is 60.8 Å². The largest absolute Gasteiger partial charge is 0.481 e. The minimum atomic E-state index is -0.889. The molecule has 184 valence electrons. The summed E-state index contributed by atoms with van der Waals surface area (Å²) in [5.41, 5.74) is 9.82. The summed E-state index contributed by atoms with van der Waals surface area (Å²) < 4.78 is 0. The molecule has 1 amide bonds. The number of carboxylic acids is 1. The molecule has 37 heavy (non-hydrogen) atoms. The van der Waals surface area contributed by atoms with Crippen LogP contribution in [-0.4, -0.2) is 17.0 Å². The van der Waals surface area contributed by atoms with E-state index in [1.807, 2.05) is 31.2 Å². The average molecular weight is 508 g/mol. The van der Waals surface area contributed by atoms with Crippen molar-refractivity contribution in [3.8, 4) is 22.3 Å². The Morgan fingerprint density at radius 2 is 1.59 bits per heavy atom. The SMILES string of the molecule is CCc1ccccc1-c1ccc(-c2cc3c(cc2Cl)NC(=O)C3=Cc2ccc(C)c(CC(=O)O)c2)cc1. The van der Waals surface area contributed by atoms with Crippen LogP contribution in [0.3, 0.4) is 0 Å². The van der Waals surface area contributed by atoms with E-state index in [0.717, 1.165) is 45.4 Å². The van der Waals surface area contributed by atoms with Crippen LogP contribution in [0.2, 0.25) is 5.02 Å². The monoisotopic (exact) mass is 507 g/mol. The Morgan fingerprint density at radius 3 is 2.30 bits per heavy atom. The van der Waals surface area contributed by atoms with E-state index in [1.54, 1.807) is 12.1 Å². The predicted octanol–water partition coefficient (Wildman–Crippen LogP) is 7.66. The molecule has 0 aliphatic carbocycles. The summed E-state index contributed by atoms with van der Waals surface area (Å²) in [4.78, 5) is 24.1. The molecule has 4 nitrogen and oxygen atoms in total. The molecular formula is C32H26ClNO3. The Labute approximate surface area is 221 Å². The predicted molar refractivity (Wildman–Crippen MR) is 151 cm³/mol. The van der Waals surface area contributed by atoms with Crippen LogP contribution in [0.15, 0.2) is 78.9 Å². The van der Waals surface area contributed by atoms with E-state index in [4.69, 9.17) is 11.6 Å². The molecule has 2 N–H and O–H groups in total. The molecule has 5 rings (SSSR count). The highest BCUT2D eigenvalue weighted by Gasteiger charge is 2.26. The van der Waals surface area contributed by atoms with Gasteiger partial charge in [0.15, 0.2) is 0 Å². The Kier molecular flexibility index (Phi) is 6.68. The second kappa shape index (κ2) is 10.1. The van der Waals surface area contributed by atoms with Crippen molar-refractivity contribution in [1.82, 2.24) is 0 Å². The van der Waals surface area contributed by atoms with Crippen LogP contribution in [0.5, 0.6) is 0 Å². The fourth-order valence-corrected chi connectivity index (χ4v) is 5.09. The Bertz CT molecular complexity index is 1570. The second-order valence-corrected chi connectivity index (χ2v) is 9.64. The number of benzene rings is 4. The lowest BCUT2D eigenvalue weighted by Gasteiger charge is -2.11. The van der Waals surface area contributed by atoms with Crippen molar-refractivity contribution in [3.63, 3.8) is 0 Å². The summed E-state index contributed by atoms with van der Waals surface area (Å²) >= 11 is 6.66. The van der Waals surface area contributed by atoms with E-state index in [9.17, 15) is 14.7 Å². The fourth-order valence-electron chi connectivity index (χ4n) is 4.82. The van der Waals surface area contributed by atoms with Crippen molar-refractivity contribution in [2.75, 3.05) is 5.32 Å². The highest BCUT2D eigenvalue weighted by Crippen LogP contribution is 2.41. The number of carboxylic acid groups (broad SMARTS) is 1. The van der Waals surface area contributed by atoms with Crippen molar-refractivity contribution >= 4 is 40.8 Å². The maximum Gasteiger partial charge on any atom is 0.307 e. The maximum absolute atomic E-state index is 12.9. The van der Waals surface area contributed by atoms with Gasteiger partial charge in [-0.05, 0) is 70.5 Å². The summed E-state index contributed by atoms with van der Waals surface area (Å²) in [7, 11) is 0. The van der Waals surface area contributed by atoms with Gasteiger partial charge >= 0.3 is 5.97 Å². The van der Waals surface area contributed by atoms with Gasteiger partial charge in [0.05, 0.1) is 17.1 Å². The van der Waals surface area contributed by atoms with Crippen molar-refractivity contribution in [2.45, 2.75) is 26.7 Å². The van der Waals surface area contributed by atoms with Gasteiger partial charge in [-0.2, -0.15) is 0 Å². The number of hydrogen-bond donors (Lipinski definition) is 2. The van der Waals surface area contributed by atoms with Crippen LogP contribution >= 0.6 is 11.6 Å². The lowest BCUT2D eigenvalue weighted by atomic mass is 9.94. The van der Waals surface area contributed by atoms with Gasteiger partial charge in [0.1, 0.15) is 0 Å². The highest BCUT2D eigenvalue weighted by molar-refractivity contribution is 6.38. The van der Waals surface area contributed by atoms with Crippen molar-refractivity contribution < 1.29 is 14.7 Å². The summed E-state index contributed by atoms with van der Waals surface area (Å²) in [6, 6.07) is 26.0. The molecule has 0 aromatic heterocycles. The van der Waals surface area contributed by atoms with E-state index in [0.29, 0.717) is 16.3 Å². The minimum absolute atomic E-state index is 0.0654. The highest BCUT2D eigenvalue weighted by atomic mass is 35.5. The number of anilines is 1.